The molecule has 2 N–H and O–H groups in total. The highest BCUT2D eigenvalue weighted by atomic mass is 79.9. The van der Waals surface area contributed by atoms with Crippen LogP contribution in [0.25, 0.3) is 11.3 Å². The molecule has 1 saturated heterocycles. The minimum atomic E-state index is -2.87. The van der Waals surface area contributed by atoms with E-state index in [-0.39, 0.29) is 31.5 Å². The molecule has 0 aliphatic carbocycles. The first-order valence-corrected chi connectivity index (χ1v) is 9.98. The maximum absolute atomic E-state index is 12.7. The number of imidazole rings is 1. The van der Waals surface area contributed by atoms with Gasteiger partial charge < -0.3 is 24.7 Å². The number of hydrogen-bond acceptors (Lipinski definition) is 5. The van der Waals surface area contributed by atoms with E-state index in [2.05, 4.69) is 40.7 Å². The van der Waals surface area contributed by atoms with Crippen molar-refractivity contribution >= 4 is 27.9 Å². The monoisotopic (exact) mass is 486 g/mol. The maximum atomic E-state index is 12.7. The number of alkyl carbamates (subject to hydrolysis) is 1. The SMILES string of the molecule is COC(=O)NCC(=O)N1C[C@@H](COC(F)F)C[C@H]1c1ncc(-c2ccc(Br)cc2)[nH]1. The summed E-state index contributed by atoms with van der Waals surface area (Å²) >= 11 is 3.39. The predicted octanol–water partition coefficient (Wildman–Crippen LogP) is 3.32. The number of H-pyrrole nitrogens is 1. The average molecular weight is 487 g/mol. The zero-order valence-corrected chi connectivity index (χ0v) is 17.7. The topological polar surface area (TPSA) is 96.6 Å². The third-order valence-corrected chi connectivity index (χ3v) is 5.33. The smallest absolute Gasteiger partial charge is 0.407 e. The number of aromatic nitrogens is 2. The zero-order valence-electron chi connectivity index (χ0n) is 16.1. The number of halogens is 3. The van der Waals surface area contributed by atoms with Crippen molar-refractivity contribution in [3.63, 3.8) is 0 Å². The lowest BCUT2D eigenvalue weighted by atomic mass is 10.1. The van der Waals surface area contributed by atoms with Gasteiger partial charge in [0.25, 0.3) is 0 Å². The van der Waals surface area contributed by atoms with Gasteiger partial charge in [0.15, 0.2) is 0 Å². The molecule has 3 rings (SSSR count). The van der Waals surface area contributed by atoms with Gasteiger partial charge in [-0.3, -0.25) is 4.79 Å². The quantitative estimate of drug-likeness (QED) is 0.625. The lowest BCUT2D eigenvalue weighted by Gasteiger charge is -2.23. The third kappa shape index (κ3) is 5.54. The fourth-order valence-corrected chi connectivity index (χ4v) is 3.66. The molecule has 0 bridgehead atoms. The van der Waals surface area contributed by atoms with E-state index < -0.39 is 18.7 Å². The summed E-state index contributed by atoms with van der Waals surface area (Å²) < 4.78 is 34.8. The molecule has 162 valence electrons. The van der Waals surface area contributed by atoms with Gasteiger partial charge in [-0.05, 0) is 24.1 Å². The van der Waals surface area contributed by atoms with E-state index in [4.69, 9.17) is 0 Å². The molecule has 2 amide bonds. The summed E-state index contributed by atoms with van der Waals surface area (Å²) in [5, 5.41) is 2.34. The fourth-order valence-electron chi connectivity index (χ4n) is 3.39. The van der Waals surface area contributed by atoms with Crippen molar-refractivity contribution in [2.45, 2.75) is 19.1 Å². The molecule has 0 radical (unpaired) electrons. The standard InChI is InChI=1S/C19H21BrF2N4O4/c1-29-19(28)24-8-16(27)26-9-11(10-30-18(21)22)6-15(26)17-23-7-14(25-17)12-2-4-13(20)5-3-12/h2-5,7,11,15,18H,6,8-10H2,1H3,(H,23,25)(H,24,28)/t11-,15-/m0/s1. The molecule has 1 aromatic carbocycles. The lowest BCUT2D eigenvalue weighted by Crippen LogP contribution is -2.40. The van der Waals surface area contributed by atoms with E-state index in [1.165, 1.54) is 12.0 Å². The van der Waals surface area contributed by atoms with E-state index in [9.17, 15) is 18.4 Å². The van der Waals surface area contributed by atoms with E-state index in [1.54, 1.807) is 6.20 Å². The number of benzene rings is 1. The number of likely N-dealkylation sites (tertiary alicyclic amines) is 1. The Kier molecular flexibility index (Phi) is 7.38. The highest BCUT2D eigenvalue weighted by molar-refractivity contribution is 9.10. The average Bonchev–Trinajstić information content (AvgIpc) is 3.38. The summed E-state index contributed by atoms with van der Waals surface area (Å²) in [6.07, 6.45) is 1.34. The fraction of sp³-hybridized carbons (Fsp3) is 0.421. The van der Waals surface area contributed by atoms with Gasteiger partial charge in [0.2, 0.25) is 5.91 Å². The number of ether oxygens (including phenoxy) is 2. The van der Waals surface area contributed by atoms with Gasteiger partial charge in [0.05, 0.1) is 31.6 Å². The van der Waals surface area contributed by atoms with Crippen LogP contribution < -0.4 is 5.32 Å². The van der Waals surface area contributed by atoms with Crippen molar-refractivity contribution in [2.24, 2.45) is 5.92 Å². The van der Waals surface area contributed by atoms with Gasteiger partial charge in [-0.2, -0.15) is 8.78 Å². The lowest BCUT2D eigenvalue weighted by molar-refractivity contribution is -0.138. The van der Waals surface area contributed by atoms with E-state index in [0.29, 0.717) is 12.2 Å². The number of alkyl halides is 2. The first-order valence-electron chi connectivity index (χ1n) is 9.19. The summed E-state index contributed by atoms with van der Waals surface area (Å²) in [5.74, 6) is -0.113. The molecule has 1 aliphatic heterocycles. The van der Waals surface area contributed by atoms with Crippen LogP contribution in [-0.4, -0.2) is 60.3 Å². The van der Waals surface area contributed by atoms with Crippen LogP contribution >= 0.6 is 15.9 Å². The van der Waals surface area contributed by atoms with Crippen LogP contribution in [0.2, 0.25) is 0 Å². The molecule has 8 nitrogen and oxygen atoms in total. The Morgan fingerprint density at radius 1 is 1.37 bits per heavy atom. The molecule has 0 spiro atoms. The summed E-state index contributed by atoms with van der Waals surface area (Å²) in [6, 6.07) is 7.18. The maximum Gasteiger partial charge on any atom is 0.407 e. The van der Waals surface area contributed by atoms with Gasteiger partial charge in [-0.25, -0.2) is 9.78 Å². The Bertz CT molecular complexity index is 878. The van der Waals surface area contributed by atoms with E-state index >= 15 is 0 Å². The van der Waals surface area contributed by atoms with Gasteiger partial charge in [0, 0.05) is 16.9 Å². The molecule has 2 aromatic rings. The molecule has 0 saturated carbocycles. The van der Waals surface area contributed by atoms with Crippen LogP contribution in [-0.2, 0) is 14.3 Å². The Balaban J connectivity index is 1.77. The number of carbonyl (C=O) groups is 2. The van der Waals surface area contributed by atoms with Crippen molar-refractivity contribution < 1.29 is 27.8 Å². The van der Waals surface area contributed by atoms with Gasteiger partial charge in [-0.1, -0.05) is 28.1 Å². The van der Waals surface area contributed by atoms with Crippen LogP contribution in [0.15, 0.2) is 34.9 Å². The van der Waals surface area contributed by atoms with Crippen LogP contribution in [0.1, 0.15) is 18.3 Å². The summed E-state index contributed by atoms with van der Waals surface area (Å²) in [7, 11) is 1.20. The van der Waals surface area contributed by atoms with Crippen LogP contribution in [0.3, 0.4) is 0 Å². The van der Waals surface area contributed by atoms with E-state index in [1.807, 2.05) is 24.3 Å². The molecule has 1 aromatic heterocycles. The molecule has 1 fully saturated rings. The number of amides is 2. The number of rotatable bonds is 7. The van der Waals surface area contributed by atoms with Gasteiger partial charge in [-0.15, -0.1) is 0 Å². The second-order valence-electron chi connectivity index (χ2n) is 6.79. The zero-order chi connectivity index (χ0) is 21.7. The molecule has 11 heteroatoms. The largest absolute Gasteiger partial charge is 0.453 e. The van der Waals surface area contributed by atoms with E-state index in [0.717, 1.165) is 15.7 Å². The number of hydrogen-bond donors (Lipinski definition) is 2. The number of carbonyl (C=O) groups excluding carboxylic acids is 2. The first-order chi connectivity index (χ1) is 14.4. The Labute approximate surface area is 180 Å². The molecular formula is C19H21BrF2N4O4. The molecule has 2 heterocycles. The highest BCUT2D eigenvalue weighted by Crippen LogP contribution is 2.35. The summed E-state index contributed by atoms with van der Waals surface area (Å²) in [4.78, 5) is 33.1. The Morgan fingerprint density at radius 2 is 2.10 bits per heavy atom. The summed E-state index contributed by atoms with van der Waals surface area (Å²) in [6.45, 7) is -3.11. The van der Waals surface area contributed by atoms with Crippen molar-refractivity contribution in [1.82, 2.24) is 20.2 Å². The third-order valence-electron chi connectivity index (χ3n) is 4.80. The second-order valence-corrected chi connectivity index (χ2v) is 7.71. The number of methoxy groups -OCH3 is 1. The first kappa shape index (κ1) is 22.2. The van der Waals surface area contributed by atoms with Crippen molar-refractivity contribution in [3.05, 3.63) is 40.8 Å². The van der Waals surface area contributed by atoms with Gasteiger partial charge >= 0.3 is 12.7 Å². The van der Waals surface area contributed by atoms with Crippen LogP contribution in [0.5, 0.6) is 0 Å². The van der Waals surface area contributed by atoms with Crippen molar-refractivity contribution in [2.75, 3.05) is 26.8 Å². The highest BCUT2D eigenvalue weighted by Gasteiger charge is 2.38. The van der Waals surface area contributed by atoms with Crippen molar-refractivity contribution in [1.29, 1.82) is 0 Å². The second kappa shape index (κ2) is 9.98. The molecular weight excluding hydrogens is 466 g/mol. The molecule has 2 atom stereocenters. The van der Waals surface area contributed by atoms with Gasteiger partial charge in [0.1, 0.15) is 12.4 Å². The number of nitrogens with one attached hydrogen (secondary N) is 2. The minimum Gasteiger partial charge on any atom is -0.453 e. The van der Waals surface area contributed by atoms with Crippen molar-refractivity contribution in [3.8, 4) is 11.3 Å². The van der Waals surface area contributed by atoms with Crippen LogP contribution in [0, 0.1) is 5.92 Å². The normalized spacial score (nSPS) is 18.6. The van der Waals surface area contributed by atoms with Crippen LogP contribution in [0.4, 0.5) is 13.6 Å². The minimum absolute atomic E-state index is 0.178. The number of nitrogens with zero attached hydrogens (tertiary/aromatic N) is 2. The Morgan fingerprint density at radius 3 is 2.77 bits per heavy atom. The summed E-state index contributed by atoms with van der Waals surface area (Å²) in [5.41, 5.74) is 1.68. The molecule has 30 heavy (non-hydrogen) atoms. The Hall–Kier alpha value is -2.53. The number of aromatic amines is 1. The molecule has 1 aliphatic rings. The predicted molar refractivity (Wildman–Crippen MR) is 107 cm³/mol. The molecule has 0 unspecified atom stereocenters.